The molecular weight excluding hydrogens is 168 g/mol. The molecule has 0 saturated heterocycles. The molecule has 0 aliphatic heterocycles. The molecule has 0 atom stereocenters. The Morgan fingerprint density at radius 1 is 1.55 bits per heavy atom. The maximum Gasteiger partial charge on any atom is 0.149 e. The van der Waals surface area contributed by atoms with Gasteiger partial charge in [-0.2, -0.15) is 0 Å². The maximum atomic E-state index is 8.39. The zero-order valence-electron chi connectivity index (χ0n) is 5.95. The Morgan fingerprint density at radius 2 is 2.18 bits per heavy atom. The van der Waals surface area contributed by atoms with E-state index >= 15 is 0 Å². The topological polar surface area (TPSA) is 58.9 Å². The third-order valence-corrected chi connectivity index (χ3v) is 2.93. The van der Waals surface area contributed by atoms with Gasteiger partial charge in [-0.25, -0.2) is 10.1 Å². The van der Waals surface area contributed by atoms with Crippen molar-refractivity contribution in [3.63, 3.8) is 0 Å². The molecule has 64 valence electrons. The van der Waals surface area contributed by atoms with E-state index in [9.17, 15) is 0 Å². The molecule has 0 amide bonds. The Hall–Kier alpha value is -0.230. The zero-order chi connectivity index (χ0) is 8.32. The molecule has 1 saturated carbocycles. The van der Waals surface area contributed by atoms with Gasteiger partial charge in [-0.1, -0.05) is 6.58 Å². The first-order valence-electron chi connectivity index (χ1n) is 3.18. The molecule has 0 heterocycles. The van der Waals surface area contributed by atoms with E-state index < -0.39 is 4.93 Å². The normalized spacial score (nSPS) is 19.5. The minimum atomic E-state index is -0.457. The van der Waals surface area contributed by atoms with Crippen molar-refractivity contribution in [2.24, 2.45) is 0 Å². The highest BCUT2D eigenvalue weighted by Gasteiger charge is 2.45. The highest BCUT2D eigenvalue weighted by atomic mass is 32.2. The Labute approximate surface area is 68.7 Å². The van der Waals surface area contributed by atoms with E-state index in [1.807, 2.05) is 0 Å². The van der Waals surface area contributed by atoms with Crippen LogP contribution in [0.5, 0.6) is 0 Å². The first-order chi connectivity index (χ1) is 5.22. The molecule has 0 spiro atoms. The lowest BCUT2D eigenvalue weighted by atomic mass is 10.7. The zero-order valence-corrected chi connectivity index (χ0v) is 6.76. The summed E-state index contributed by atoms with van der Waals surface area (Å²) in [6.45, 7) is 3.41. The first kappa shape index (κ1) is 8.86. The fourth-order valence-electron chi connectivity index (χ4n) is 0.602. The molecule has 11 heavy (non-hydrogen) atoms. The van der Waals surface area contributed by atoms with Crippen LogP contribution in [-0.2, 0) is 9.78 Å². The molecule has 1 aliphatic rings. The van der Waals surface area contributed by atoms with Crippen LogP contribution in [-0.4, -0.2) is 21.2 Å². The average molecular weight is 178 g/mol. The van der Waals surface area contributed by atoms with Gasteiger partial charge in [0.25, 0.3) is 0 Å². The summed E-state index contributed by atoms with van der Waals surface area (Å²) in [7, 11) is 0. The minimum absolute atomic E-state index is 0.262. The van der Waals surface area contributed by atoms with Crippen molar-refractivity contribution in [3.05, 3.63) is 12.3 Å². The van der Waals surface area contributed by atoms with Gasteiger partial charge in [0.15, 0.2) is 0 Å². The van der Waals surface area contributed by atoms with Crippen molar-refractivity contribution in [3.8, 4) is 0 Å². The summed E-state index contributed by atoms with van der Waals surface area (Å²) in [5.41, 5.74) is 0. The quantitative estimate of drug-likeness (QED) is 0.290. The van der Waals surface area contributed by atoms with Crippen molar-refractivity contribution in [1.82, 2.24) is 0 Å². The molecule has 0 aromatic carbocycles. The van der Waals surface area contributed by atoms with Crippen molar-refractivity contribution < 1.29 is 20.3 Å². The van der Waals surface area contributed by atoms with Crippen LogP contribution in [0.3, 0.4) is 0 Å². The van der Waals surface area contributed by atoms with Gasteiger partial charge < -0.3 is 4.89 Å². The summed E-state index contributed by atoms with van der Waals surface area (Å²) in [5, 5.41) is 16.5. The summed E-state index contributed by atoms with van der Waals surface area (Å²) >= 11 is 1.37. The molecular formula is C6H10O4S. The van der Waals surface area contributed by atoms with Crippen LogP contribution in [0.25, 0.3) is 0 Å². The summed E-state index contributed by atoms with van der Waals surface area (Å²) in [6.07, 6.45) is 1.65. The monoisotopic (exact) mass is 178 g/mol. The van der Waals surface area contributed by atoms with Gasteiger partial charge in [0.2, 0.25) is 0 Å². The van der Waals surface area contributed by atoms with E-state index in [1.165, 1.54) is 11.8 Å². The maximum absolute atomic E-state index is 8.39. The lowest BCUT2D eigenvalue weighted by Crippen LogP contribution is -2.07. The van der Waals surface area contributed by atoms with Gasteiger partial charge in [-0.15, -0.1) is 11.8 Å². The van der Waals surface area contributed by atoms with Crippen LogP contribution in [0.2, 0.25) is 0 Å². The van der Waals surface area contributed by atoms with E-state index in [0.29, 0.717) is 5.75 Å². The largest absolute Gasteiger partial charge is 0.345 e. The molecule has 0 aromatic rings. The van der Waals surface area contributed by atoms with Crippen LogP contribution in [0.1, 0.15) is 12.8 Å². The first-order valence-corrected chi connectivity index (χ1v) is 4.17. The van der Waals surface area contributed by atoms with Crippen molar-refractivity contribution in [2.45, 2.75) is 17.8 Å². The Bertz CT molecular complexity index is 155. The van der Waals surface area contributed by atoms with Crippen LogP contribution >= 0.6 is 11.8 Å². The van der Waals surface area contributed by atoms with E-state index in [1.54, 1.807) is 0 Å². The minimum Gasteiger partial charge on any atom is -0.345 e. The summed E-state index contributed by atoms with van der Waals surface area (Å²) in [6, 6.07) is 0. The molecule has 4 nitrogen and oxygen atoms in total. The molecule has 1 aliphatic carbocycles. The molecule has 2 N–H and O–H groups in total. The summed E-state index contributed by atoms with van der Waals surface area (Å²) in [4.78, 5) is 7.64. The van der Waals surface area contributed by atoms with E-state index in [0.717, 1.165) is 12.8 Å². The van der Waals surface area contributed by atoms with Crippen molar-refractivity contribution in [2.75, 3.05) is 5.75 Å². The number of rotatable bonds is 5. The predicted octanol–water partition coefficient (Wildman–Crippen LogP) is 1.70. The third kappa shape index (κ3) is 2.37. The fraction of sp³-hybridized carbons (Fsp3) is 0.667. The Morgan fingerprint density at radius 3 is 2.55 bits per heavy atom. The van der Waals surface area contributed by atoms with Crippen molar-refractivity contribution >= 4 is 11.8 Å². The van der Waals surface area contributed by atoms with Crippen LogP contribution < -0.4 is 0 Å². The molecule has 0 bridgehead atoms. The van der Waals surface area contributed by atoms with Gasteiger partial charge in [0, 0.05) is 0 Å². The van der Waals surface area contributed by atoms with Gasteiger partial charge in [-0.3, -0.25) is 5.26 Å². The summed E-state index contributed by atoms with van der Waals surface area (Å²) in [5.74, 6) is 0.690. The van der Waals surface area contributed by atoms with Gasteiger partial charge in [-0.05, 0) is 12.8 Å². The highest BCUT2D eigenvalue weighted by Crippen LogP contribution is 2.49. The van der Waals surface area contributed by atoms with Crippen LogP contribution in [0.15, 0.2) is 12.3 Å². The van der Waals surface area contributed by atoms with Crippen LogP contribution in [0, 0.1) is 0 Å². The predicted molar refractivity (Wildman–Crippen MR) is 41.0 cm³/mol. The van der Waals surface area contributed by atoms with Gasteiger partial charge in [0.05, 0.1) is 5.75 Å². The van der Waals surface area contributed by atoms with E-state index in [-0.39, 0.29) is 5.76 Å². The van der Waals surface area contributed by atoms with Crippen molar-refractivity contribution in [1.29, 1.82) is 0 Å². The van der Waals surface area contributed by atoms with E-state index in [4.69, 9.17) is 10.5 Å². The lowest BCUT2D eigenvalue weighted by Gasteiger charge is -2.09. The Kier molecular flexibility index (Phi) is 2.78. The molecule has 0 radical (unpaired) electrons. The standard InChI is InChI=1S/C6H10O4S/c1-5(9-7)4-11-6(10-8)2-3-6/h7-8H,1-4H2. The SMILES string of the molecule is C=C(CSC1(OO)CC1)OO. The number of hydrogen-bond acceptors (Lipinski definition) is 5. The lowest BCUT2D eigenvalue weighted by molar-refractivity contribution is -0.263. The second-order valence-electron chi connectivity index (χ2n) is 2.42. The second kappa shape index (κ2) is 3.44. The smallest absolute Gasteiger partial charge is 0.149 e. The molecule has 1 rings (SSSR count). The number of hydrogen-bond donors (Lipinski definition) is 2. The second-order valence-corrected chi connectivity index (χ2v) is 3.74. The molecule has 5 heteroatoms. The summed E-state index contributed by atoms with van der Waals surface area (Å²) < 4.78 is 0. The average Bonchev–Trinajstić information content (AvgIpc) is 2.81. The molecule has 1 fully saturated rings. The third-order valence-electron chi connectivity index (χ3n) is 1.45. The van der Waals surface area contributed by atoms with E-state index in [2.05, 4.69) is 16.4 Å². The van der Waals surface area contributed by atoms with Crippen LogP contribution in [0.4, 0.5) is 0 Å². The van der Waals surface area contributed by atoms with Gasteiger partial charge >= 0.3 is 0 Å². The highest BCUT2D eigenvalue weighted by molar-refractivity contribution is 8.00. The molecule has 0 unspecified atom stereocenters. The molecule has 0 aromatic heterocycles. The fourth-order valence-corrected chi connectivity index (χ4v) is 1.52. The Balaban J connectivity index is 2.16. The van der Waals surface area contributed by atoms with Gasteiger partial charge in [0.1, 0.15) is 10.7 Å². The number of thioether (sulfide) groups is 1.